The van der Waals surface area contributed by atoms with E-state index in [9.17, 15) is 0 Å². The maximum atomic E-state index is 2.43. The third-order valence-corrected chi connectivity index (χ3v) is 16.7. The first-order valence-corrected chi connectivity index (χ1v) is 21.6. The molecule has 3 aliphatic carbocycles. The van der Waals surface area contributed by atoms with E-state index in [0.717, 1.165) is 0 Å². The minimum atomic E-state index is 0.375. The summed E-state index contributed by atoms with van der Waals surface area (Å²) in [7, 11) is 0. The highest BCUT2D eigenvalue weighted by molar-refractivity contribution is 5.04. The lowest BCUT2D eigenvalue weighted by molar-refractivity contribution is -0.100. The molecule has 0 saturated heterocycles. The summed E-state index contributed by atoms with van der Waals surface area (Å²) < 4.78 is 0. The molecule has 0 atom stereocenters. The standard InChI is InChI=1S/C14H28.C13H26.C12H24.C11H24/c1-12(2,3)14(13(4,5)6)10-8-7-9-11-14;1-11(2,3)13(12(4,5)6)9-7-8-10-13;1-10(2,3)12(8-7-9-12)11(4,5)6;1-9(2,3)11(7,8)10(4,5)6/h7-11H2,1-6H3;7-10H2,1-6H3;7-9H2,1-6H3;1-8H3. The highest BCUT2D eigenvalue weighted by Crippen LogP contribution is 2.64. The molecule has 0 spiro atoms. The Labute approximate surface area is 321 Å². The summed E-state index contributed by atoms with van der Waals surface area (Å²) >= 11 is 0. The van der Waals surface area contributed by atoms with E-state index in [1.54, 1.807) is 0 Å². The van der Waals surface area contributed by atoms with Crippen molar-refractivity contribution in [3.63, 3.8) is 0 Å². The molecule has 0 aromatic carbocycles. The van der Waals surface area contributed by atoms with E-state index in [2.05, 4.69) is 180 Å². The SMILES string of the molecule is CC(C)(C)C(C)(C)C(C)(C)C.CC(C)(C)C1(C(C)(C)C)CCC1.CC(C)(C)C1(C(C)(C)C)CCCC1.CC(C)(C)C1(C(C)(C)C)CCCCC1. The normalized spacial score (nSPS) is 21.7. The van der Waals surface area contributed by atoms with Crippen LogP contribution in [0.4, 0.5) is 0 Å². The molecule has 0 heteroatoms. The van der Waals surface area contributed by atoms with E-state index in [-0.39, 0.29) is 0 Å². The lowest BCUT2D eigenvalue weighted by Crippen LogP contribution is -2.51. The van der Waals surface area contributed by atoms with Gasteiger partial charge in [-0.3, -0.25) is 0 Å². The van der Waals surface area contributed by atoms with Crippen molar-refractivity contribution in [3.8, 4) is 0 Å². The van der Waals surface area contributed by atoms with Gasteiger partial charge in [0.25, 0.3) is 0 Å². The summed E-state index contributed by atoms with van der Waals surface area (Å²) in [6.07, 6.45) is 17.2. The molecule has 302 valence electrons. The molecule has 3 rings (SSSR count). The minimum Gasteiger partial charge on any atom is -0.0596 e. The molecule has 50 heavy (non-hydrogen) atoms. The molecule has 0 aromatic rings. The van der Waals surface area contributed by atoms with Crippen LogP contribution in [0.2, 0.25) is 0 Å². The fourth-order valence-electron chi connectivity index (χ4n) is 11.7. The zero-order valence-electron chi connectivity index (χ0n) is 40.5. The lowest BCUT2D eigenvalue weighted by Gasteiger charge is -2.60. The Kier molecular flexibility index (Phi) is 16.0. The van der Waals surface area contributed by atoms with Gasteiger partial charge in [-0.1, -0.05) is 219 Å². The van der Waals surface area contributed by atoms with Gasteiger partial charge in [0.15, 0.2) is 0 Å². The van der Waals surface area contributed by atoms with Crippen LogP contribution in [-0.2, 0) is 0 Å². The largest absolute Gasteiger partial charge is 0.0596 e. The lowest BCUT2D eigenvalue weighted by atomic mass is 9.45. The molecule has 0 aliphatic heterocycles. The van der Waals surface area contributed by atoms with E-state index in [4.69, 9.17) is 0 Å². The third kappa shape index (κ3) is 10.8. The summed E-state index contributed by atoms with van der Waals surface area (Å²) in [5.41, 5.74) is 5.63. The highest BCUT2D eigenvalue weighted by Gasteiger charge is 2.54. The smallest absolute Gasteiger partial charge is 0.0200 e. The van der Waals surface area contributed by atoms with Crippen molar-refractivity contribution < 1.29 is 0 Å². The van der Waals surface area contributed by atoms with Gasteiger partial charge in [0.1, 0.15) is 0 Å². The fourth-order valence-corrected chi connectivity index (χ4v) is 11.7. The second-order valence-corrected chi connectivity index (χ2v) is 26.5. The first-order valence-electron chi connectivity index (χ1n) is 21.6. The topological polar surface area (TPSA) is 0 Å². The molecular formula is C50H102. The maximum absolute atomic E-state index is 2.43. The zero-order valence-corrected chi connectivity index (χ0v) is 40.5. The van der Waals surface area contributed by atoms with Crippen LogP contribution in [0, 0.1) is 65.0 Å². The molecule has 0 nitrogen and oxygen atoms in total. The molecule has 0 heterocycles. The van der Waals surface area contributed by atoms with Crippen molar-refractivity contribution in [2.24, 2.45) is 65.0 Å². The molecule has 3 saturated carbocycles. The van der Waals surface area contributed by atoms with Crippen molar-refractivity contribution in [2.75, 3.05) is 0 Å². The summed E-state index contributed by atoms with van der Waals surface area (Å²) in [5.74, 6) is 0. The van der Waals surface area contributed by atoms with Gasteiger partial charge in [0.05, 0.1) is 0 Å². The second-order valence-electron chi connectivity index (χ2n) is 26.5. The van der Waals surface area contributed by atoms with Crippen molar-refractivity contribution >= 4 is 0 Å². The summed E-state index contributed by atoms with van der Waals surface area (Å²) in [5, 5.41) is 0. The first kappa shape index (κ1) is 50.0. The molecule has 0 bridgehead atoms. The molecule has 0 amide bonds. The van der Waals surface area contributed by atoms with E-state index in [1.165, 1.54) is 77.0 Å². The van der Waals surface area contributed by atoms with Crippen molar-refractivity contribution in [1.82, 2.24) is 0 Å². The van der Waals surface area contributed by atoms with Crippen LogP contribution in [0.15, 0.2) is 0 Å². The Morgan fingerprint density at radius 1 is 0.220 bits per heavy atom. The predicted octanol–water partition coefficient (Wildman–Crippen LogP) is 18.0. The Hall–Kier alpha value is 0. The quantitative estimate of drug-likeness (QED) is 0.236. The van der Waals surface area contributed by atoms with Crippen LogP contribution in [0.3, 0.4) is 0 Å². The number of hydrogen-bond donors (Lipinski definition) is 0. The number of hydrogen-bond acceptors (Lipinski definition) is 0. The molecule has 3 fully saturated rings. The zero-order chi connectivity index (χ0) is 40.5. The van der Waals surface area contributed by atoms with E-state index in [1.807, 2.05) is 0 Å². The molecule has 3 aliphatic rings. The monoisotopic (exact) mass is 703 g/mol. The van der Waals surface area contributed by atoms with Gasteiger partial charge in [0.2, 0.25) is 0 Å². The van der Waals surface area contributed by atoms with Gasteiger partial charge in [-0.2, -0.15) is 0 Å². The molecule has 0 unspecified atom stereocenters. The molecular weight excluding hydrogens is 601 g/mol. The van der Waals surface area contributed by atoms with Crippen molar-refractivity contribution in [3.05, 3.63) is 0 Å². The molecule has 0 radical (unpaired) electrons. The van der Waals surface area contributed by atoms with Crippen LogP contribution < -0.4 is 0 Å². The van der Waals surface area contributed by atoms with Crippen molar-refractivity contribution in [2.45, 2.75) is 257 Å². The van der Waals surface area contributed by atoms with E-state index in [0.29, 0.717) is 65.0 Å². The van der Waals surface area contributed by atoms with Crippen molar-refractivity contribution in [1.29, 1.82) is 0 Å². The van der Waals surface area contributed by atoms with Crippen LogP contribution in [0.25, 0.3) is 0 Å². The molecule has 0 N–H and O–H groups in total. The van der Waals surface area contributed by atoms with E-state index < -0.39 is 0 Å². The summed E-state index contributed by atoms with van der Waals surface area (Å²) in [4.78, 5) is 0. The maximum Gasteiger partial charge on any atom is -0.0200 e. The predicted molar refractivity (Wildman–Crippen MR) is 232 cm³/mol. The Bertz CT molecular complexity index is 908. The van der Waals surface area contributed by atoms with Crippen LogP contribution >= 0.6 is 0 Å². The minimum absolute atomic E-state index is 0.375. The van der Waals surface area contributed by atoms with Gasteiger partial charge in [-0.05, 0) is 104 Å². The van der Waals surface area contributed by atoms with Crippen LogP contribution in [0.1, 0.15) is 257 Å². The van der Waals surface area contributed by atoms with E-state index >= 15 is 0 Å². The summed E-state index contributed by atoms with van der Waals surface area (Å²) in [6.45, 7) is 62.1. The van der Waals surface area contributed by atoms with Crippen LogP contribution in [0.5, 0.6) is 0 Å². The number of rotatable bonds is 0. The van der Waals surface area contributed by atoms with Gasteiger partial charge in [-0.15, -0.1) is 0 Å². The highest BCUT2D eigenvalue weighted by atomic mass is 14.6. The fraction of sp³-hybridized carbons (Fsp3) is 1.00. The Morgan fingerprint density at radius 3 is 0.460 bits per heavy atom. The van der Waals surface area contributed by atoms with Gasteiger partial charge >= 0.3 is 0 Å². The average molecular weight is 703 g/mol. The van der Waals surface area contributed by atoms with Gasteiger partial charge in [0, 0.05) is 0 Å². The average Bonchev–Trinajstić information content (AvgIpc) is 3.32. The van der Waals surface area contributed by atoms with Gasteiger partial charge in [-0.25, -0.2) is 0 Å². The Morgan fingerprint density at radius 2 is 0.380 bits per heavy atom. The van der Waals surface area contributed by atoms with Crippen LogP contribution in [-0.4, -0.2) is 0 Å². The second kappa shape index (κ2) is 16.0. The van der Waals surface area contributed by atoms with Gasteiger partial charge < -0.3 is 0 Å². The first-order chi connectivity index (χ1) is 21.6. The summed E-state index contributed by atoms with van der Waals surface area (Å²) in [6, 6.07) is 0. The molecule has 0 aromatic heterocycles. The Balaban J connectivity index is 0.000000643. The third-order valence-electron chi connectivity index (χ3n) is 16.7.